The first-order valence-corrected chi connectivity index (χ1v) is 8.48. The van der Waals surface area contributed by atoms with E-state index in [-0.39, 0.29) is 5.82 Å². The fourth-order valence-electron chi connectivity index (χ4n) is 2.41. The Hall–Kier alpha value is -0.0800. The number of halogens is 2. The van der Waals surface area contributed by atoms with E-state index in [0.29, 0.717) is 14.4 Å². The van der Waals surface area contributed by atoms with Crippen molar-refractivity contribution >= 4 is 57.6 Å². The molecule has 2 nitrogen and oxygen atoms in total. The molecule has 2 aromatic rings. The molecule has 1 aromatic heterocycles. The Morgan fingerprint density at radius 2 is 2.33 bits per heavy atom. The Morgan fingerprint density at radius 1 is 1.50 bits per heavy atom. The predicted octanol–water partition coefficient (Wildman–Crippen LogP) is 4.51. The van der Waals surface area contributed by atoms with Gasteiger partial charge < -0.3 is 9.55 Å². The van der Waals surface area contributed by atoms with Gasteiger partial charge in [0, 0.05) is 17.9 Å². The molecule has 96 valence electrons. The van der Waals surface area contributed by atoms with E-state index in [4.69, 9.17) is 12.2 Å². The lowest BCUT2D eigenvalue weighted by Gasteiger charge is -2.23. The van der Waals surface area contributed by atoms with Gasteiger partial charge in [0.2, 0.25) is 0 Å². The number of thioether (sulfide) groups is 1. The summed E-state index contributed by atoms with van der Waals surface area (Å²) >= 11 is 9.35. The van der Waals surface area contributed by atoms with Gasteiger partial charge in [-0.2, -0.15) is 11.8 Å². The van der Waals surface area contributed by atoms with Crippen molar-refractivity contribution in [1.82, 2.24) is 9.55 Å². The highest BCUT2D eigenvalue weighted by Gasteiger charge is 2.19. The number of fused-ring (bicyclic) bond motifs is 1. The summed E-state index contributed by atoms with van der Waals surface area (Å²) in [7, 11) is 0. The van der Waals surface area contributed by atoms with Crippen LogP contribution in [0.25, 0.3) is 11.0 Å². The van der Waals surface area contributed by atoms with E-state index >= 15 is 0 Å². The molecule has 0 bridgehead atoms. The molecule has 18 heavy (non-hydrogen) atoms. The average molecular weight is 394 g/mol. The number of hydrogen-bond acceptors (Lipinski definition) is 2. The fourth-order valence-corrected chi connectivity index (χ4v) is 4.36. The summed E-state index contributed by atoms with van der Waals surface area (Å²) in [5, 5.41) is 0. The number of H-pyrrole nitrogens is 1. The molecule has 0 spiro atoms. The molecule has 0 aliphatic carbocycles. The number of nitrogens with one attached hydrogen (secondary N) is 1. The molecular weight excluding hydrogens is 382 g/mol. The summed E-state index contributed by atoms with van der Waals surface area (Å²) in [6.07, 6.45) is 2.33. The summed E-state index contributed by atoms with van der Waals surface area (Å²) in [5.41, 5.74) is 1.83. The van der Waals surface area contributed by atoms with Gasteiger partial charge in [-0.05, 0) is 59.5 Å². The van der Waals surface area contributed by atoms with E-state index in [9.17, 15) is 4.39 Å². The van der Waals surface area contributed by atoms with Crippen LogP contribution in [0.3, 0.4) is 0 Å². The van der Waals surface area contributed by atoms with Crippen LogP contribution in [0.2, 0.25) is 0 Å². The van der Waals surface area contributed by atoms with Crippen LogP contribution >= 0.6 is 46.6 Å². The van der Waals surface area contributed by atoms with Crippen LogP contribution in [-0.2, 0) is 0 Å². The number of aromatic nitrogens is 2. The van der Waals surface area contributed by atoms with E-state index in [1.807, 2.05) is 40.4 Å². The van der Waals surface area contributed by atoms with Crippen LogP contribution in [0.5, 0.6) is 0 Å². The van der Waals surface area contributed by atoms with E-state index in [0.717, 1.165) is 23.2 Å². The summed E-state index contributed by atoms with van der Waals surface area (Å²) in [6, 6.07) is 3.82. The van der Waals surface area contributed by atoms with Gasteiger partial charge in [-0.15, -0.1) is 0 Å². The van der Waals surface area contributed by atoms with E-state index in [1.54, 1.807) is 6.07 Å². The molecule has 3 rings (SSSR count). The standard InChI is InChI=1S/C12H12FIN2S2/c13-8-4-11-10(5-9(8)14)15-12(17)16(11)7-2-1-3-18-6-7/h4-5,7H,1-3,6H2,(H,15,17). The zero-order chi connectivity index (χ0) is 12.7. The smallest absolute Gasteiger partial charge is 0.178 e. The number of aromatic amines is 1. The summed E-state index contributed by atoms with van der Waals surface area (Å²) in [4.78, 5) is 3.19. The molecular formula is C12H12FIN2S2. The second-order valence-corrected chi connectivity index (χ2v) is 7.15. The predicted molar refractivity (Wildman–Crippen MR) is 85.4 cm³/mol. The molecule has 1 atom stereocenters. The molecule has 1 aromatic carbocycles. The number of imidazole rings is 1. The monoisotopic (exact) mass is 394 g/mol. The molecule has 1 aliphatic heterocycles. The first kappa shape index (κ1) is 12.9. The Morgan fingerprint density at radius 3 is 3.06 bits per heavy atom. The van der Waals surface area contributed by atoms with Crippen molar-refractivity contribution in [3.8, 4) is 0 Å². The summed E-state index contributed by atoms with van der Waals surface area (Å²) < 4.78 is 17.2. The van der Waals surface area contributed by atoms with Crippen LogP contribution in [0.15, 0.2) is 12.1 Å². The Labute approximate surface area is 127 Å². The van der Waals surface area contributed by atoms with Crippen molar-refractivity contribution in [2.24, 2.45) is 0 Å². The molecule has 1 N–H and O–H groups in total. The molecule has 0 saturated carbocycles. The maximum atomic E-state index is 13.7. The normalized spacial score (nSPS) is 20.4. The van der Waals surface area contributed by atoms with Crippen molar-refractivity contribution in [3.63, 3.8) is 0 Å². The maximum absolute atomic E-state index is 13.7. The second-order valence-electron chi connectivity index (χ2n) is 4.45. The first-order chi connectivity index (χ1) is 8.66. The van der Waals surface area contributed by atoms with Crippen LogP contribution < -0.4 is 0 Å². The molecule has 2 heterocycles. The highest BCUT2D eigenvalue weighted by Crippen LogP contribution is 2.31. The Balaban J connectivity index is 2.18. The lowest BCUT2D eigenvalue weighted by atomic mass is 10.2. The van der Waals surface area contributed by atoms with Crippen molar-refractivity contribution in [2.45, 2.75) is 18.9 Å². The highest BCUT2D eigenvalue weighted by molar-refractivity contribution is 14.1. The van der Waals surface area contributed by atoms with Crippen molar-refractivity contribution in [3.05, 3.63) is 26.3 Å². The lowest BCUT2D eigenvalue weighted by Crippen LogP contribution is -2.16. The highest BCUT2D eigenvalue weighted by atomic mass is 127. The number of hydrogen-bond donors (Lipinski definition) is 1. The second kappa shape index (κ2) is 5.13. The molecule has 0 amide bonds. The van der Waals surface area contributed by atoms with Gasteiger partial charge in [-0.25, -0.2) is 4.39 Å². The topological polar surface area (TPSA) is 20.7 Å². The molecule has 1 saturated heterocycles. The number of nitrogens with zero attached hydrogens (tertiary/aromatic N) is 1. The van der Waals surface area contributed by atoms with Gasteiger partial charge in [0.1, 0.15) is 5.82 Å². The largest absolute Gasteiger partial charge is 0.331 e. The van der Waals surface area contributed by atoms with E-state index < -0.39 is 0 Å². The minimum Gasteiger partial charge on any atom is -0.331 e. The molecule has 1 unspecified atom stereocenters. The minimum absolute atomic E-state index is 0.172. The maximum Gasteiger partial charge on any atom is 0.178 e. The third kappa shape index (κ3) is 2.22. The van der Waals surface area contributed by atoms with Crippen molar-refractivity contribution in [1.29, 1.82) is 0 Å². The van der Waals surface area contributed by atoms with E-state index in [1.165, 1.54) is 12.2 Å². The molecule has 6 heteroatoms. The third-order valence-corrected chi connectivity index (χ3v) is 5.58. The Bertz CT molecular complexity index is 643. The van der Waals surface area contributed by atoms with Gasteiger partial charge in [-0.1, -0.05) is 0 Å². The third-order valence-electron chi connectivity index (χ3n) is 3.26. The SMILES string of the molecule is Fc1cc2c(cc1I)[nH]c(=S)n2C1CCCSC1. The van der Waals surface area contributed by atoms with Crippen LogP contribution in [0, 0.1) is 14.2 Å². The number of benzene rings is 1. The molecule has 0 radical (unpaired) electrons. The average Bonchev–Trinajstić information content (AvgIpc) is 2.66. The van der Waals surface area contributed by atoms with Crippen LogP contribution in [-0.4, -0.2) is 21.1 Å². The quantitative estimate of drug-likeness (QED) is 0.568. The van der Waals surface area contributed by atoms with Crippen LogP contribution in [0.1, 0.15) is 18.9 Å². The lowest BCUT2D eigenvalue weighted by molar-refractivity contribution is 0.505. The first-order valence-electron chi connectivity index (χ1n) is 5.84. The molecule has 1 fully saturated rings. The molecule has 1 aliphatic rings. The summed E-state index contributed by atoms with van der Waals surface area (Å²) in [5.74, 6) is 2.11. The minimum atomic E-state index is -0.172. The number of rotatable bonds is 1. The summed E-state index contributed by atoms with van der Waals surface area (Å²) in [6.45, 7) is 0. The van der Waals surface area contributed by atoms with Gasteiger partial charge >= 0.3 is 0 Å². The van der Waals surface area contributed by atoms with Crippen molar-refractivity contribution < 1.29 is 4.39 Å². The van der Waals surface area contributed by atoms with Gasteiger partial charge in [0.25, 0.3) is 0 Å². The van der Waals surface area contributed by atoms with Crippen LogP contribution in [0.4, 0.5) is 4.39 Å². The van der Waals surface area contributed by atoms with Crippen molar-refractivity contribution in [2.75, 3.05) is 11.5 Å². The zero-order valence-electron chi connectivity index (χ0n) is 9.58. The van der Waals surface area contributed by atoms with Gasteiger partial charge in [0.05, 0.1) is 14.6 Å². The van der Waals surface area contributed by atoms with E-state index in [2.05, 4.69) is 9.55 Å². The Kier molecular flexibility index (Phi) is 3.68. The zero-order valence-corrected chi connectivity index (χ0v) is 13.4. The van der Waals surface area contributed by atoms with Gasteiger partial charge in [-0.3, -0.25) is 0 Å². The van der Waals surface area contributed by atoms with Gasteiger partial charge in [0.15, 0.2) is 4.77 Å². The fraction of sp³-hybridized carbons (Fsp3) is 0.417.